The number of carboxylic acids is 1. The number of aromatic carboxylic acids is 1. The third kappa shape index (κ3) is 3.92. The maximum atomic E-state index is 11.3. The number of Topliss-reactive ketones (excluding diaryl/α,β-unsaturated/α-hetero) is 1. The normalized spacial score (nSPS) is 10.2. The first-order chi connectivity index (χ1) is 9.97. The Morgan fingerprint density at radius 1 is 1.14 bits per heavy atom. The van der Waals surface area contributed by atoms with Crippen LogP contribution in [0.25, 0.3) is 0 Å². The SMILES string of the molecule is CC(=O)c1ccc(OCc2ccc(C(=O)O)cc2)cc1Br. The molecule has 0 heterocycles. The van der Waals surface area contributed by atoms with Crippen LogP contribution < -0.4 is 4.74 Å². The number of benzene rings is 2. The molecule has 0 fully saturated rings. The van der Waals surface area contributed by atoms with E-state index in [2.05, 4.69) is 15.9 Å². The highest BCUT2D eigenvalue weighted by atomic mass is 79.9. The van der Waals surface area contributed by atoms with Crippen LogP contribution in [-0.2, 0) is 6.61 Å². The molecule has 1 N–H and O–H groups in total. The summed E-state index contributed by atoms with van der Waals surface area (Å²) in [6.45, 7) is 1.83. The zero-order valence-electron chi connectivity index (χ0n) is 11.3. The first-order valence-electron chi connectivity index (χ1n) is 6.23. The number of hydrogen-bond acceptors (Lipinski definition) is 3. The Hall–Kier alpha value is -2.14. The molecule has 0 aliphatic rings. The Bertz CT molecular complexity index is 677. The minimum absolute atomic E-state index is 0.0160. The standard InChI is InChI=1S/C16H13BrO4/c1-10(18)14-7-6-13(8-15(14)17)21-9-11-2-4-12(5-3-11)16(19)20/h2-8H,9H2,1H3,(H,19,20). The second-order valence-electron chi connectivity index (χ2n) is 4.49. The van der Waals surface area contributed by atoms with Gasteiger partial charge in [-0.2, -0.15) is 0 Å². The Kier molecular flexibility index (Phi) is 4.75. The molecule has 0 aromatic heterocycles. The van der Waals surface area contributed by atoms with Crippen LogP contribution in [0.1, 0.15) is 33.2 Å². The highest BCUT2D eigenvalue weighted by Crippen LogP contribution is 2.24. The quantitative estimate of drug-likeness (QED) is 0.831. The fourth-order valence-electron chi connectivity index (χ4n) is 1.78. The molecule has 0 aliphatic carbocycles. The minimum atomic E-state index is -0.953. The van der Waals surface area contributed by atoms with E-state index in [1.165, 1.54) is 19.1 Å². The van der Waals surface area contributed by atoms with Gasteiger partial charge in [-0.25, -0.2) is 4.79 Å². The molecule has 0 saturated heterocycles. The highest BCUT2D eigenvalue weighted by Gasteiger charge is 2.07. The lowest BCUT2D eigenvalue weighted by Gasteiger charge is -2.08. The van der Waals surface area contributed by atoms with Crippen LogP contribution in [0.15, 0.2) is 46.9 Å². The van der Waals surface area contributed by atoms with Gasteiger partial charge in [0.25, 0.3) is 0 Å². The Morgan fingerprint density at radius 2 is 1.81 bits per heavy atom. The highest BCUT2D eigenvalue weighted by molar-refractivity contribution is 9.10. The Morgan fingerprint density at radius 3 is 2.33 bits per heavy atom. The Labute approximate surface area is 130 Å². The molecule has 0 saturated carbocycles. The van der Waals surface area contributed by atoms with Crippen LogP contribution >= 0.6 is 15.9 Å². The molecule has 0 unspecified atom stereocenters. The number of carboxylic acid groups (broad SMARTS) is 1. The topological polar surface area (TPSA) is 63.6 Å². The van der Waals surface area contributed by atoms with E-state index in [-0.39, 0.29) is 11.3 Å². The summed E-state index contributed by atoms with van der Waals surface area (Å²) in [5.41, 5.74) is 1.72. The number of halogens is 1. The fourth-order valence-corrected chi connectivity index (χ4v) is 2.42. The smallest absolute Gasteiger partial charge is 0.335 e. The summed E-state index contributed by atoms with van der Waals surface area (Å²) in [4.78, 5) is 22.1. The summed E-state index contributed by atoms with van der Waals surface area (Å²) in [6, 6.07) is 11.7. The van der Waals surface area contributed by atoms with Crippen molar-refractivity contribution in [3.8, 4) is 5.75 Å². The van der Waals surface area contributed by atoms with Crippen LogP contribution in [0.2, 0.25) is 0 Å². The molecular formula is C16H13BrO4. The van der Waals surface area contributed by atoms with Crippen LogP contribution in [0, 0.1) is 0 Å². The summed E-state index contributed by atoms with van der Waals surface area (Å²) >= 11 is 3.33. The van der Waals surface area contributed by atoms with Gasteiger partial charge < -0.3 is 9.84 Å². The third-order valence-corrected chi connectivity index (χ3v) is 3.58. The van der Waals surface area contributed by atoms with E-state index in [1.54, 1.807) is 30.3 Å². The summed E-state index contributed by atoms with van der Waals surface area (Å²) < 4.78 is 6.31. The molecule has 21 heavy (non-hydrogen) atoms. The minimum Gasteiger partial charge on any atom is -0.489 e. The van der Waals surface area contributed by atoms with Crippen molar-refractivity contribution < 1.29 is 19.4 Å². The lowest BCUT2D eigenvalue weighted by molar-refractivity contribution is 0.0696. The molecular weight excluding hydrogens is 336 g/mol. The van der Waals surface area contributed by atoms with Gasteiger partial charge in [0.15, 0.2) is 5.78 Å². The van der Waals surface area contributed by atoms with E-state index >= 15 is 0 Å². The first kappa shape index (κ1) is 15.3. The van der Waals surface area contributed by atoms with Crippen molar-refractivity contribution in [3.63, 3.8) is 0 Å². The van der Waals surface area contributed by atoms with Crippen LogP contribution in [0.5, 0.6) is 5.75 Å². The predicted molar refractivity (Wildman–Crippen MR) is 81.9 cm³/mol. The maximum Gasteiger partial charge on any atom is 0.335 e. The molecule has 0 amide bonds. The van der Waals surface area contributed by atoms with Gasteiger partial charge in [-0.3, -0.25) is 4.79 Å². The van der Waals surface area contributed by atoms with Crippen LogP contribution in [-0.4, -0.2) is 16.9 Å². The van der Waals surface area contributed by atoms with Crippen molar-refractivity contribution in [2.75, 3.05) is 0 Å². The monoisotopic (exact) mass is 348 g/mol. The van der Waals surface area contributed by atoms with Crippen LogP contribution in [0.4, 0.5) is 0 Å². The van der Waals surface area contributed by atoms with E-state index in [0.717, 1.165) is 5.56 Å². The average molecular weight is 349 g/mol. The molecule has 2 rings (SSSR count). The molecule has 2 aromatic rings. The van der Waals surface area contributed by atoms with Gasteiger partial charge in [-0.05, 0) is 58.7 Å². The molecule has 5 heteroatoms. The van der Waals surface area contributed by atoms with Gasteiger partial charge >= 0.3 is 5.97 Å². The first-order valence-corrected chi connectivity index (χ1v) is 7.02. The van der Waals surface area contributed by atoms with E-state index in [1.807, 2.05) is 0 Å². The summed E-state index contributed by atoms with van der Waals surface area (Å²) in [6.07, 6.45) is 0. The fraction of sp³-hybridized carbons (Fsp3) is 0.125. The van der Waals surface area contributed by atoms with Gasteiger partial charge in [0, 0.05) is 10.0 Å². The molecule has 4 nitrogen and oxygen atoms in total. The van der Waals surface area contributed by atoms with Crippen LogP contribution in [0.3, 0.4) is 0 Å². The van der Waals surface area contributed by atoms with Gasteiger partial charge in [0.1, 0.15) is 12.4 Å². The lowest BCUT2D eigenvalue weighted by atomic mass is 10.1. The molecule has 0 radical (unpaired) electrons. The van der Waals surface area contributed by atoms with Gasteiger partial charge in [-0.15, -0.1) is 0 Å². The van der Waals surface area contributed by atoms with Gasteiger partial charge in [0.05, 0.1) is 5.56 Å². The Balaban J connectivity index is 2.04. The van der Waals surface area contributed by atoms with Gasteiger partial charge in [0.2, 0.25) is 0 Å². The van der Waals surface area contributed by atoms with Crippen molar-refractivity contribution in [1.29, 1.82) is 0 Å². The number of carbonyl (C=O) groups excluding carboxylic acids is 1. The number of hydrogen-bond donors (Lipinski definition) is 1. The zero-order chi connectivity index (χ0) is 15.4. The second-order valence-corrected chi connectivity index (χ2v) is 5.34. The van der Waals surface area contributed by atoms with Crippen molar-refractivity contribution in [1.82, 2.24) is 0 Å². The predicted octanol–water partition coefficient (Wildman–Crippen LogP) is 3.93. The van der Waals surface area contributed by atoms with Crippen molar-refractivity contribution in [2.24, 2.45) is 0 Å². The lowest BCUT2D eigenvalue weighted by Crippen LogP contribution is -1.99. The number of carbonyl (C=O) groups is 2. The largest absolute Gasteiger partial charge is 0.489 e. The molecule has 0 aliphatic heterocycles. The van der Waals surface area contributed by atoms with E-state index in [0.29, 0.717) is 22.4 Å². The van der Waals surface area contributed by atoms with E-state index in [9.17, 15) is 9.59 Å². The maximum absolute atomic E-state index is 11.3. The third-order valence-electron chi connectivity index (χ3n) is 2.93. The number of ether oxygens (including phenoxy) is 1. The molecule has 0 atom stereocenters. The van der Waals surface area contributed by atoms with E-state index in [4.69, 9.17) is 9.84 Å². The van der Waals surface area contributed by atoms with Crippen molar-refractivity contribution >= 4 is 27.7 Å². The van der Waals surface area contributed by atoms with Crippen molar-refractivity contribution in [2.45, 2.75) is 13.5 Å². The van der Waals surface area contributed by atoms with E-state index < -0.39 is 5.97 Å². The van der Waals surface area contributed by atoms with Gasteiger partial charge in [-0.1, -0.05) is 12.1 Å². The van der Waals surface area contributed by atoms with Crippen molar-refractivity contribution in [3.05, 3.63) is 63.6 Å². The number of ketones is 1. The second kappa shape index (κ2) is 6.54. The molecule has 2 aromatic carbocycles. The molecule has 0 bridgehead atoms. The zero-order valence-corrected chi connectivity index (χ0v) is 12.9. The molecule has 0 spiro atoms. The summed E-state index contributed by atoms with van der Waals surface area (Å²) in [5, 5.41) is 8.82. The average Bonchev–Trinajstić information content (AvgIpc) is 2.45. The number of rotatable bonds is 5. The summed E-state index contributed by atoms with van der Waals surface area (Å²) in [5.74, 6) is -0.335. The molecule has 108 valence electrons. The summed E-state index contributed by atoms with van der Waals surface area (Å²) in [7, 11) is 0.